The van der Waals surface area contributed by atoms with E-state index < -0.39 is 21.7 Å². The number of sulfonamides is 1. The SMILES string of the molecule is C=CCN(c1ccc(F)cc1)S(=O)(=O)c1cc(C(=O)NC2CCC(O)CC2)ccc1Cl. The first-order valence-electron chi connectivity index (χ1n) is 9.90. The molecule has 0 aliphatic heterocycles. The van der Waals surface area contributed by atoms with Crippen molar-refractivity contribution in [1.29, 1.82) is 0 Å². The van der Waals surface area contributed by atoms with Crippen LogP contribution in [0.15, 0.2) is 60.0 Å². The molecule has 2 N–H and O–H groups in total. The number of anilines is 1. The second-order valence-electron chi connectivity index (χ2n) is 7.43. The van der Waals surface area contributed by atoms with Crippen molar-refractivity contribution in [3.05, 3.63) is 71.5 Å². The molecule has 0 aromatic heterocycles. The highest BCUT2D eigenvalue weighted by Gasteiger charge is 2.28. The van der Waals surface area contributed by atoms with Crippen LogP contribution in [0.4, 0.5) is 10.1 Å². The number of aliphatic hydroxyl groups is 1. The van der Waals surface area contributed by atoms with E-state index in [0.29, 0.717) is 25.7 Å². The van der Waals surface area contributed by atoms with Gasteiger partial charge in [0.05, 0.1) is 23.4 Å². The van der Waals surface area contributed by atoms with E-state index in [0.717, 1.165) is 16.4 Å². The molecule has 2 aromatic carbocycles. The van der Waals surface area contributed by atoms with Gasteiger partial charge in [-0.3, -0.25) is 9.10 Å². The predicted molar refractivity (Wildman–Crippen MR) is 118 cm³/mol. The van der Waals surface area contributed by atoms with Crippen LogP contribution >= 0.6 is 11.6 Å². The largest absolute Gasteiger partial charge is 0.393 e. The highest BCUT2D eigenvalue weighted by Crippen LogP contribution is 2.30. The minimum absolute atomic E-state index is 0.0338. The maximum Gasteiger partial charge on any atom is 0.266 e. The van der Waals surface area contributed by atoms with Crippen LogP contribution < -0.4 is 9.62 Å². The van der Waals surface area contributed by atoms with Gasteiger partial charge < -0.3 is 10.4 Å². The van der Waals surface area contributed by atoms with E-state index in [-0.39, 0.29) is 39.9 Å². The van der Waals surface area contributed by atoms with Crippen molar-refractivity contribution in [2.75, 3.05) is 10.8 Å². The lowest BCUT2D eigenvalue weighted by atomic mass is 9.93. The number of carbonyl (C=O) groups is 1. The van der Waals surface area contributed by atoms with E-state index in [1.54, 1.807) is 0 Å². The Hall–Kier alpha value is -2.42. The van der Waals surface area contributed by atoms with Crippen LogP contribution in [0.3, 0.4) is 0 Å². The molecule has 0 bridgehead atoms. The Morgan fingerprint density at radius 2 is 1.84 bits per heavy atom. The molecule has 0 spiro atoms. The molecule has 0 saturated heterocycles. The summed E-state index contributed by atoms with van der Waals surface area (Å²) in [5, 5.41) is 12.5. The normalized spacial score (nSPS) is 18.9. The molecule has 1 saturated carbocycles. The van der Waals surface area contributed by atoms with Crippen molar-refractivity contribution in [3.8, 4) is 0 Å². The quantitative estimate of drug-likeness (QED) is 0.606. The summed E-state index contributed by atoms with van der Waals surface area (Å²) in [5.41, 5.74) is 0.403. The fourth-order valence-corrected chi connectivity index (χ4v) is 5.46. The summed E-state index contributed by atoms with van der Waals surface area (Å²) in [6, 6.07) is 9.00. The fourth-order valence-electron chi connectivity index (χ4n) is 3.52. The number of nitrogens with zero attached hydrogens (tertiary/aromatic N) is 1. The van der Waals surface area contributed by atoms with E-state index in [9.17, 15) is 22.7 Å². The summed E-state index contributed by atoms with van der Waals surface area (Å²) in [5.74, 6) is -0.904. The van der Waals surface area contributed by atoms with Crippen molar-refractivity contribution in [2.45, 2.75) is 42.7 Å². The molecule has 0 radical (unpaired) electrons. The summed E-state index contributed by atoms with van der Waals surface area (Å²) >= 11 is 6.20. The lowest BCUT2D eigenvalue weighted by Gasteiger charge is -2.26. The number of hydrogen-bond acceptors (Lipinski definition) is 4. The molecule has 0 unspecified atom stereocenters. The molecule has 31 heavy (non-hydrogen) atoms. The summed E-state index contributed by atoms with van der Waals surface area (Å²) < 4.78 is 41.1. The van der Waals surface area contributed by atoms with Crippen molar-refractivity contribution in [2.24, 2.45) is 0 Å². The molecule has 0 atom stereocenters. The molecular formula is C22H24ClFN2O4S. The molecular weight excluding hydrogens is 443 g/mol. The lowest BCUT2D eigenvalue weighted by molar-refractivity contribution is 0.0867. The third-order valence-corrected chi connectivity index (χ3v) is 7.48. The molecule has 3 rings (SSSR count). The number of nitrogens with one attached hydrogen (secondary N) is 1. The van der Waals surface area contributed by atoms with Gasteiger partial charge in [0.15, 0.2) is 0 Å². The first-order valence-corrected chi connectivity index (χ1v) is 11.7. The lowest BCUT2D eigenvalue weighted by Crippen LogP contribution is -2.38. The van der Waals surface area contributed by atoms with Crippen LogP contribution in [0, 0.1) is 5.82 Å². The topological polar surface area (TPSA) is 86.7 Å². The number of amides is 1. The zero-order valence-electron chi connectivity index (χ0n) is 16.8. The standard InChI is InChI=1S/C22H24ClFN2O4S/c1-2-13-26(18-8-4-16(24)5-9-18)31(29,30)21-14-15(3-12-20(21)23)22(28)25-17-6-10-19(27)11-7-17/h2-5,8-9,12,14,17,19,27H,1,6-7,10-11,13H2,(H,25,28). The molecule has 2 aromatic rings. The zero-order chi connectivity index (χ0) is 22.6. The van der Waals surface area contributed by atoms with E-state index in [2.05, 4.69) is 11.9 Å². The summed E-state index contributed by atoms with van der Waals surface area (Å²) in [6.07, 6.45) is 3.59. The van der Waals surface area contributed by atoms with E-state index in [4.69, 9.17) is 11.6 Å². The number of halogens is 2. The van der Waals surface area contributed by atoms with Crippen LogP contribution in [0.2, 0.25) is 5.02 Å². The first kappa shape index (κ1) is 23.2. The number of hydrogen-bond donors (Lipinski definition) is 2. The number of aliphatic hydroxyl groups excluding tert-OH is 1. The minimum atomic E-state index is -4.16. The Morgan fingerprint density at radius 1 is 1.19 bits per heavy atom. The highest BCUT2D eigenvalue weighted by atomic mass is 35.5. The molecule has 0 heterocycles. The van der Waals surface area contributed by atoms with Gasteiger partial charge in [-0.05, 0) is 68.1 Å². The summed E-state index contributed by atoms with van der Waals surface area (Å²) in [6.45, 7) is 3.53. The molecule has 9 heteroatoms. The Morgan fingerprint density at radius 3 is 2.45 bits per heavy atom. The van der Waals surface area contributed by atoms with Gasteiger partial charge in [-0.2, -0.15) is 0 Å². The predicted octanol–water partition coefficient (Wildman–Crippen LogP) is 3.89. The van der Waals surface area contributed by atoms with E-state index >= 15 is 0 Å². The van der Waals surface area contributed by atoms with Gasteiger partial charge in [0.25, 0.3) is 15.9 Å². The van der Waals surface area contributed by atoms with E-state index in [1.165, 1.54) is 36.4 Å². The van der Waals surface area contributed by atoms with E-state index in [1.807, 2.05) is 0 Å². The maximum absolute atomic E-state index is 13.4. The first-order chi connectivity index (χ1) is 14.7. The Labute approximate surface area is 186 Å². The average molecular weight is 467 g/mol. The smallest absolute Gasteiger partial charge is 0.266 e. The van der Waals surface area contributed by atoms with Gasteiger partial charge >= 0.3 is 0 Å². The van der Waals surface area contributed by atoms with Gasteiger partial charge in [0, 0.05) is 11.6 Å². The van der Waals surface area contributed by atoms with Gasteiger partial charge in [0.1, 0.15) is 10.7 Å². The Bertz CT molecular complexity index is 1050. The number of benzene rings is 2. The van der Waals surface area contributed by atoms with Crippen molar-refractivity contribution < 1.29 is 22.7 Å². The van der Waals surface area contributed by atoms with Crippen LogP contribution in [-0.4, -0.2) is 38.1 Å². The Kier molecular flexibility index (Phi) is 7.35. The summed E-state index contributed by atoms with van der Waals surface area (Å²) in [7, 11) is -4.16. The van der Waals surface area contributed by atoms with Gasteiger partial charge in [-0.1, -0.05) is 17.7 Å². The third kappa shape index (κ3) is 5.44. The average Bonchev–Trinajstić information content (AvgIpc) is 2.74. The molecule has 1 aliphatic carbocycles. The van der Waals surface area contributed by atoms with Crippen LogP contribution in [0.5, 0.6) is 0 Å². The molecule has 166 valence electrons. The second kappa shape index (κ2) is 9.80. The zero-order valence-corrected chi connectivity index (χ0v) is 18.4. The second-order valence-corrected chi connectivity index (χ2v) is 9.66. The van der Waals surface area contributed by atoms with Gasteiger partial charge in [0.2, 0.25) is 0 Å². The van der Waals surface area contributed by atoms with Crippen LogP contribution in [0.25, 0.3) is 0 Å². The van der Waals surface area contributed by atoms with Gasteiger partial charge in [-0.25, -0.2) is 12.8 Å². The molecule has 1 amide bonds. The van der Waals surface area contributed by atoms with Crippen LogP contribution in [0.1, 0.15) is 36.0 Å². The number of rotatable bonds is 7. The Balaban J connectivity index is 1.90. The van der Waals surface area contributed by atoms with Crippen molar-refractivity contribution in [3.63, 3.8) is 0 Å². The maximum atomic E-state index is 13.4. The van der Waals surface area contributed by atoms with Crippen molar-refractivity contribution >= 4 is 33.2 Å². The third-order valence-electron chi connectivity index (χ3n) is 5.20. The monoisotopic (exact) mass is 466 g/mol. The minimum Gasteiger partial charge on any atom is -0.393 e. The molecule has 6 nitrogen and oxygen atoms in total. The molecule has 1 aliphatic rings. The van der Waals surface area contributed by atoms with Crippen molar-refractivity contribution in [1.82, 2.24) is 5.32 Å². The number of carbonyl (C=O) groups excluding carboxylic acids is 1. The van der Waals surface area contributed by atoms with Crippen LogP contribution in [-0.2, 0) is 10.0 Å². The molecule has 1 fully saturated rings. The highest BCUT2D eigenvalue weighted by molar-refractivity contribution is 7.93. The van der Waals surface area contributed by atoms with Gasteiger partial charge in [-0.15, -0.1) is 6.58 Å². The fraction of sp³-hybridized carbons (Fsp3) is 0.318. The summed E-state index contributed by atoms with van der Waals surface area (Å²) in [4.78, 5) is 12.5.